The third-order valence-corrected chi connectivity index (χ3v) is 6.58. The van der Waals surface area contributed by atoms with Crippen molar-refractivity contribution < 1.29 is 9.30 Å². The van der Waals surface area contributed by atoms with Gasteiger partial charge in [0.05, 0.1) is 12.9 Å². The van der Waals surface area contributed by atoms with E-state index >= 15 is 0 Å². The zero-order valence-corrected chi connectivity index (χ0v) is 22.1. The van der Waals surface area contributed by atoms with E-state index in [-0.39, 0.29) is 5.92 Å². The minimum atomic E-state index is -0.00189. The second kappa shape index (κ2) is 10.4. The van der Waals surface area contributed by atoms with Gasteiger partial charge in [-0.1, -0.05) is 65.7 Å². The van der Waals surface area contributed by atoms with Gasteiger partial charge in [-0.05, 0) is 82.4 Å². The van der Waals surface area contributed by atoms with Gasteiger partial charge in [-0.3, -0.25) is 0 Å². The van der Waals surface area contributed by atoms with Crippen LogP contribution in [0.1, 0.15) is 57.6 Å². The Bertz CT molecular complexity index is 1240. The minimum Gasteiger partial charge on any atom is -0.502 e. The van der Waals surface area contributed by atoms with Gasteiger partial charge in [0.1, 0.15) is 29.7 Å². The fraction of sp³-hybridized carbons (Fsp3) is 0.281. The fourth-order valence-electron chi connectivity index (χ4n) is 5.42. The van der Waals surface area contributed by atoms with Gasteiger partial charge < -0.3 is 4.74 Å². The molecule has 0 aliphatic rings. The largest absolute Gasteiger partial charge is 0.502 e. The number of hydrogen-bond acceptors (Lipinski definition) is 1. The topological polar surface area (TPSA) is 18.0 Å². The second-order valence-electron chi connectivity index (χ2n) is 9.56. The summed E-state index contributed by atoms with van der Waals surface area (Å²) in [6, 6.07) is 19.8. The van der Waals surface area contributed by atoms with Crippen LogP contribution in [-0.4, -0.2) is 11.2 Å². The van der Waals surface area contributed by atoms with E-state index in [0.29, 0.717) is 6.61 Å². The Balaban J connectivity index is 2.07. The summed E-state index contributed by atoms with van der Waals surface area (Å²) >= 11 is 0. The van der Waals surface area contributed by atoms with E-state index in [2.05, 4.69) is 124 Å². The van der Waals surface area contributed by atoms with Crippen molar-refractivity contribution in [3.8, 4) is 11.4 Å². The maximum absolute atomic E-state index is 5.70. The molecular formula is C32H37N2O+. The van der Waals surface area contributed by atoms with Crippen LogP contribution in [0.5, 0.6) is 0 Å². The average molecular weight is 466 g/mol. The monoisotopic (exact) mass is 465 g/mol. The third kappa shape index (κ3) is 4.95. The SMILES string of the molecule is CCO/C=C\C(c1ccccc1)c1n(-c2c(C)cc(C)cc2C)cc[n+]1-c1c(C)cc(C)cc1C. The quantitative estimate of drug-likeness (QED) is 0.207. The lowest BCUT2D eigenvalue weighted by atomic mass is 9.96. The maximum Gasteiger partial charge on any atom is 0.278 e. The number of benzene rings is 3. The Kier molecular flexibility index (Phi) is 7.25. The van der Waals surface area contributed by atoms with Crippen molar-refractivity contribution in [3.05, 3.63) is 124 Å². The van der Waals surface area contributed by atoms with Gasteiger partial charge in [-0.25, -0.2) is 0 Å². The van der Waals surface area contributed by atoms with E-state index in [0.717, 1.165) is 0 Å². The zero-order chi connectivity index (χ0) is 25.1. The first kappa shape index (κ1) is 24.5. The lowest BCUT2D eigenvalue weighted by Gasteiger charge is -2.17. The second-order valence-corrected chi connectivity index (χ2v) is 9.56. The summed E-state index contributed by atoms with van der Waals surface area (Å²) in [5.41, 5.74) is 11.3. The van der Waals surface area contributed by atoms with Gasteiger partial charge >= 0.3 is 0 Å². The Morgan fingerprint density at radius 2 is 1.40 bits per heavy atom. The van der Waals surface area contributed by atoms with Crippen molar-refractivity contribution >= 4 is 0 Å². The number of aryl methyl sites for hydroxylation is 6. The number of allylic oxidation sites excluding steroid dienone is 1. The van der Waals surface area contributed by atoms with E-state index in [4.69, 9.17) is 4.74 Å². The summed E-state index contributed by atoms with van der Waals surface area (Å²) in [6.45, 7) is 15.8. The van der Waals surface area contributed by atoms with Crippen LogP contribution in [0.15, 0.2) is 79.3 Å². The maximum atomic E-state index is 5.70. The first-order valence-corrected chi connectivity index (χ1v) is 12.4. The fourth-order valence-corrected chi connectivity index (χ4v) is 5.42. The van der Waals surface area contributed by atoms with Crippen molar-refractivity contribution in [3.63, 3.8) is 0 Å². The predicted octanol–water partition coefficient (Wildman–Crippen LogP) is 7.29. The van der Waals surface area contributed by atoms with E-state index in [1.165, 1.54) is 56.1 Å². The van der Waals surface area contributed by atoms with Crippen molar-refractivity contribution in [1.29, 1.82) is 0 Å². The third-order valence-electron chi connectivity index (χ3n) is 6.58. The van der Waals surface area contributed by atoms with Gasteiger partial charge in [0.2, 0.25) is 0 Å². The summed E-state index contributed by atoms with van der Waals surface area (Å²) < 4.78 is 10.4. The molecule has 0 aliphatic carbocycles. The van der Waals surface area contributed by atoms with Crippen LogP contribution in [0.25, 0.3) is 11.4 Å². The summed E-state index contributed by atoms with van der Waals surface area (Å²) in [4.78, 5) is 0. The Labute approximate surface area is 210 Å². The molecule has 1 atom stereocenters. The predicted molar refractivity (Wildman–Crippen MR) is 145 cm³/mol. The number of hydrogen-bond donors (Lipinski definition) is 0. The highest BCUT2D eigenvalue weighted by atomic mass is 16.5. The molecular weight excluding hydrogens is 428 g/mol. The zero-order valence-electron chi connectivity index (χ0n) is 22.1. The first-order valence-electron chi connectivity index (χ1n) is 12.4. The highest BCUT2D eigenvalue weighted by molar-refractivity contribution is 5.51. The highest BCUT2D eigenvalue weighted by Crippen LogP contribution is 2.31. The van der Waals surface area contributed by atoms with Crippen LogP contribution in [0.3, 0.4) is 0 Å². The number of imidazole rings is 1. The molecule has 0 saturated heterocycles. The van der Waals surface area contributed by atoms with Gasteiger partial charge in [0, 0.05) is 0 Å². The van der Waals surface area contributed by atoms with Crippen LogP contribution in [0, 0.1) is 41.5 Å². The van der Waals surface area contributed by atoms with Crippen molar-refractivity contribution in [2.45, 2.75) is 54.4 Å². The molecule has 0 N–H and O–H groups in total. The van der Waals surface area contributed by atoms with Crippen LogP contribution in [0.4, 0.5) is 0 Å². The summed E-state index contributed by atoms with van der Waals surface area (Å²) in [6.07, 6.45) is 8.45. The Morgan fingerprint density at radius 1 is 0.829 bits per heavy atom. The highest BCUT2D eigenvalue weighted by Gasteiger charge is 2.31. The van der Waals surface area contributed by atoms with Gasteiger partial charge in [0.25, 0.3) is 5.82 Å². The summed E-state index contributed by atoms with van der Waals surface area (Å²) in [5, 5.41) is 0. The first-order chi connectivity index (χ1) is 16.8. The smallest absolute Gasteiger partial charge is 0.278 e. The van der Waals surface area contributed by atoms with Crippen molar-refractivity contribution in [1.82, 2.24) is 4.57 Å². The lowest BCUT2D eigenvalue weighted by Crippen LogP contribution is -2.38. The summed E-state index contributed by atoms with van der Waals surface area (Å²) in [7, 11) is 0. The molecule has 0 spiro atoms. The van der Waals surface area contributed by atoms with E-state index in [9.17, 15) is 0 Å². The van der Waals surface area contributed by atoms with E-state index in [1.807, 2.05) is 13.2 Å². The van der Waals surface area contributed by atoms with E-state index in [1.54, 1.807) is 0 Å². The van der Waals surface area contributed by atoms with Crippen LogP contribution >= 0.6 is 0 Å². The van der Waals surface area contributed by atoms with Gasteiger partial charge in [0.15, 0.2) is 0 Å². The molecule has 0 amide bonds. The van der Waals surface area contributed by atoms with Gasteiger partial charge in [-0.15, -0.1) is 0 Å². The van der Waals surface area contributed by atoms with Crippen molar-refractivity contribution in [2.24, 2.45) is 0 Å². The molecule has 3 nitrogen and oxygen atoms in total. The summed E-state index contributed by atoms with van der Waals surface area (Å²) in [5.74, 6) is 1.18. The lowest BCUT2D eigenvalue weighted by molar-refractivity contribution is -0.605. The molecule has 1 aromatic heterocycles. The molecule has 0 radical (unpaired) electrons. The standard InChI is InChI=1S/C32H37N2O/c1-8-35-17-14-29(28-12-10-9-11-13-28)32-33(30-24(4)18-22(2)19-25(30)5)15-16-34(32)31-26(6)20-23(3)21-27(31)7/h9-21,29H,8H2,1-7H3/q+1/b17-14-. The molecule has 3 heteroatoms. The number of nitrogens with zero attached hydrogens (tertiary/aromatic N) is 2. The van der Waals surface area contributed by atoms with Crippen LogP contribution in [-0.2, 0) is 4.74 Å². The van der Waals surface area contributed by atoms with Crippen LogP contribution in [0.2, 0.25) is 0 Å². The van der Waals surface area contributed by atoms with Crippen LogP contribution < -0.4 is 4.57 Å². The molecule has 1 heterocycles. The molecule has 4 aromatic rings. The number of ether oxygens (including phenoxy) is 1. The minimum absolute atomic E-state index is 0.00189. The Morgan fingerprint density at radius 3 is 1.97 bits per heavy atom. The average Bonchev–Trinajstić information content (AvgIpc) is 3.19. The molecule has 0 saturated carbocycles. The molecule has 1 unspecified atom stereocenters. The van der Waals surface area contributed by atoms with Crippen molar-refractivity contribution in [2.75, 3.05) is 6.61 Å². The molecule has 0 bridgehead atoms. The molecule has 180 valence electrons. The van der Waals surface area contributed by atoms with E-state index < -0.39 is 0 Å². The molecule has 0 fully saturated rings. The molecule has 35 heavy (non-hydrogen) atoms. The molecule has 0 aliphatic heterocycles. The molecule has 3 aromatic carbocycles. The molecule has 4 rings (SSSR count). The number of aromatic nitrogens is 2. The Hall–Kier alpha value is -3.59. The number of rotatable bonds is 7. The van der Waals surface area contributed by atoms with Gasteiger partial charge in [-0.2, -0.15) is 9.13 Å². The normalized spacial score (nSPS) is 12.3.